The molecule has 1 N–H and O–H groups in total. The highest BCUT2D eigenvalue weighted by Crippen LogP contribution is 2.24. The molecule has 0 aliphatic carbocycles. The van der Waals surface area contributed by atoms with Gasteiger partial charge in [0, 0.05) is 12.7 Å². The largest absolute Gasteiger partial charge is 0.406 e. The van der Waals surface area contributed by atoms with Gasteiger partial charge in [0.15, 0.2) is 0 Å². The van der Waals surface area contributed by atoms with Crippen LogP contribution < -0.4 is 10.2 Å². The van der Waals surface area contributed by atoms with Crippen molar-refractivity contribution in [2.24, 2.45) is 0 Å². The molecule has 2 rings (SSSR count). The fourth-order valence-electron chi connectivity index (χ4n) is 1.86. The molecule has 0 unspecified atom stereocenters. The van der Waals surface area contributed by atoms with Crippen molar-refractivity contribution in [1.82, 2.24) is 15.5 Å². The zero-order valence-electron chi connectivity index (χ0n) is 11.2. The predicted molar refractivity (Wildman–Crippen MR) is 71.0 cm³/mol. The Hall–Kier alpha value is -1.88. The molecule has 18 heavy (non-hydrogen) atoms. The van der Waals surface area contributed by atoms with Gasteiger partial charge < -0.3 is 9.73 Å². The van der Waals surface area contributed by atoms with Crippen LogP contribution in [0.3, 0.4) is 0 Å². The first-order valence-electron chi connectivity index (χ1n) is 5.89. The van der Waals surface area contributed by atoms with Gasteiger partial charge in [-0.2, -0.15) is 0 Å². The Morgan fingerprint density at radius 3 is 2.44 bits per heavy atom. The molecule has 0 radical (unpaired) electrons. The average Bonchev–Trinajstić information content (AvgIpc) is 2.76. The van der Waals surface area contributed by atoms with Gasteiger partial charge in [0.2, 0.25) is 5.89 Å². The second-order valence-electron chi connectivity index (χ2n) is 4.41. The van der Waals surface area contributed by atoms with Crippen LogP contribution in [0.5, 0.6) is 0 Å². The van der Waals surface area contributed by atoms with Gasteiger partial charge in [-0.05, 0) is 44.2 Å². The lowest BCUT2D eigenvalue weighted by Gasteiger charge is -2.15. The summed E-state index contributed by atoms with van der Waals surface area (Å²) in [6.07, 6.45) is 0. The third-order valence-electron chi connectivity index (χ3n) is 2.66. The van der Waals surface area contributed by atoms with Crippen LogP contribution >= 0.6 is 0 Å². The summed E-state index contributed by atoms with van der Waals surface area (Å²) in [7, 11) is 3.77. The van der Waals surface area contributed by atoms with E-state index in [0.717, 1.165) is 5.69 Å². The smallest absolute Gasteiger partial charge is 0.322 e. The van der Waals surface area contributed by atoms with E-state index in [1.807, 2.05) is 19.0 Å². The molecule has 0 saturated carbocycles. The summed E-state index contributed by atoms with van der Waals surface area (Å²) < 4.78 is 5.56. The molecule has 1 aromatic heterocycles. The first-order chi connectivity index (χ1) is 8.60. The zero-order chi connectivity index (χ0) is 13.1. The van der Waals surface area contributed by atoms with E-state index in [1.165, 1.54) is 11.1 Å². The van der Waals surface area contributed by atoms with Crippen molar-refractivity contribution >= 4 is 11.7 Å². The SMILES string of the molecule is CNCc1nnc(N(C)c2cc(C)cc(C)c2)o1. The molecule has 0 spiro atoms. The summed E-state index contributed by atoms with van der Waals surface area (Å²) in [5, 5.41) is 11.0. The molecule has 0 aliphatic heterocycles. The molecule has 0 amide bonds. The summed E-state index contributed by atoms with van der Waals surface area (Å²) in [5.41, 5.74) is 3.48. The molecule has 0 saturated heterocycles. The lowest BCUT2D eigenvalue weighted by Crippen LogP contribution is -2.10. The number of benzene rings is 1. The summed E-state index contributed by atoms with van der Waals surface area (Å²) in [6.45, 7) is 4.73. The maximum Gasteiger partial charge on any atom is 0.322 e. The third-order valence-corrected chi connectivity index (χ3v) is 2.66. The number of nitrogens with one attached hydrogen (secondary N) is 1. The van der Waals surface area contributed by atoms with Gasteiger partial charge in [-0.3, -0.25) is 4.90 Å². The summed E-state index contributed by atoms with van der Waals surface area (Å²) in [5.74, 6) is 0.587. The number of hydrogen-bond donors (Lipinski definition) is 1. The van der Waals surface area contributed by atoms with Crippen LogP contribution in [0, 0.1) is 13.8 Å². The number of aromatic nitrogens is 2. The maximum atomic E-state index is 5.56. The van der Waals surface area contributed by atoms with E-state index < -0.39 is 0 Å². The first-order valence-corrected chi connectivity index (χ1v) is 5.89. The van der Waals surface area contributed by atoms with E-state index in [-0.39, 0.29) is 0 Å². The van der Waals surface area contributed by atoms with E-state index in [9.17, 15) is 0 Å². The Balaban J connectivity index is 2.26. The van der Waals surface area contributed by atoms with E-state index in [1.54, 1.807) is 0 Å². The van der Waals surface area contributed by atoms with Crippen molar-refractivity contribution in [3.63, 3.8) is 0 Å². The Kier molecular flexibility index (Phi) is 3.62. The first kappa shape index (κ1) is 12.6. The van der Waals surface area contributed by atoms with E-state index in [0.29, 0.717) is 18.5 Å². The van der Waals surface area contributed by atoms with Crippen LogP contribution in [-0.2, 0) is 6.54 Å². The Morgan fingerprint density at radius 1 is 1.17 bits per heavy atom. The molecule has 5 nitrogen and oxygen atoms in total. The monoisotopic (exact) mass is 246 g/mol. The number of anilines is 2. The van der Waals surface area contributed by atoms with Crippen molar-refractivity contribution in [3.8, 4) is 0 Å². The quantitative estimate of drug-likeness (QED) is 0.896. The van der Waals surface area contributed by atoms with Crippen LogP contribution in [0.2, 0.25) is 0 Å². The van der Waals surface area contributed by atoms with Crippen molar-refractivity contribution in [3.05, 3.63) is 35.2 Å². The molecular weight excluding hydrogens is 228 g/mol. The Bertz CT molecular complexity index is 515. The molecule has 0 aliphatic rings. The van der Waals surface area contributed by atoms with Crippen molar-refractivity contribution in [2.45, 2.75) is 20.4 Å². The fraction of sp³-hybridized carbons (Fsp3) is 0.385. The zero-order valence-corrected chi connectivity index (χ0v) is 11.2. The lowest BCUT2D eigenvalue weighted by atomic mass is 10.1. The topological polar surface area (TPSA) is 54.2 Å². The lowest BCUT2D eigenvalue weighted by molar-refractivity contribution is 0.484. The number of hydrogen-bond acceptors (Lipinski definition) is 5. The maximum absolute atomic E-state index is 5.56. The minimum Gasteiger partial charge on any atom is -0.406 e. The predicted octanol–water partition coefficient (Wildman–Crippen LogP) is 2.17. The number of nitrogens with zero attached hydrogens (tertiary/aromatic N) is 3. The third kappa shape index (κ3) is 2.68. The van der Waals surface area contributed by atoms with Crippen molar-refractivity contribution in [1.29, 1.82) is 0 Å². The van der Waals surface area contributed by atoms with E-state index in [2.05, 4.69) is 47.6 Å². The molecule has 2 aromatic rings. The van der Waals surface area contributed by atoms with Gasteiger partial charge in [0.05, 0.1) is 6.54 Å². The summed E-state index contributed by atoms with van der Waals surface area (Å²) in [4.78, 5) is 1.90. The molecule has 96 valence electrons. The van der Waals surface area contributed by atoms with Crippen LogP contribution in [0.25, 0.3) is 0 Å². The molecule has 5 heteroatoms. The number of rotatable bonds is 4. The van der Waals surface area contributed by atoms with Gasteiger partial charge in [-0.15, -0.1) is 5.10 Å². The van der Waals surface area contributed by atoms with Crippen molar-refractivity contribution < 1.29 is 4.42 Å². The van der Waals surface area contributed by atoms with Gasteiger partial charge >= 0.3 is 6.01 Å². The Labute approximate surface area is 107 Å². The highest BCUT2D eigenvalue weighted by molar-refractivity contribution is 5.57. The molecule has 1 aromatic carbocycles. The molecule has 0 bridgehead atoms. The standard InChI is InChI=1S/C13H18N4O/c1-9-5-10(2)7-11(6-9)17(4)13-16-15-12(18-13)8-14-3/h5-7,14H,8H2,1-4H3. The van der Waals surface area contributed by atoms with Crippen molar-refractivity contribution in [2.75, 3.05) is 19.0 Å². The van der Waals surface area contributed by atoms with Crippen LogP contribution in [0.15, 0.2) is 22.6 Å². The average molecular weight is 246 g/mol. The normalized spacial score (nSPS) is 10.7. The highest BCUT2D eigenvalue weighted by atomic mass is 16.4. The minimum atomic E-state index is 0.505. The summed E-state index contributed by atoms with van der Waals surface area (Å²) >= 11 is 0. The minimum absolute atomic E-state index is 0.505. The van der Waals surface area contributed by atoms with E-state index >= 15 is 0 Å². The van der Waals surface area contributed by atoms with Gasteiger partial charge in [0.25, 0.3) is 0 Å². The summed E-state index contributed by atoms with van der Waals surface area (Å²) in [6, 6.07) is 6.83. The second-order valence-corrected chi connectivity index (χ2v) is 4.41. The van der Waals surface area contributed by atoms with Gasteiger partial charge in [-0.25, -0.2) is 0 Å². The van der Waals surface area contributed by atoms with E-state index in [4.69, 9.17) is 4.42 Å². The van der Waals surface area contributed by atoms with Gasteiger partial charge in [-0.1, -0.05) is 11.2 Å². The molecule has 0 atom stereocenters. The Morgan fingerprint density at radius 2 is 1.83 bits per heavy atom. The van der Waals surface area contributed by atoms with Crippen LogP contribution in [0.4, 0.5) is 11.7 Å². The molecule has 0 fully saturated rings. The molecular formula is C13H18N4O. The highest BCUT2D eigenvalue weighted by Gasteiger charge is 2.12. The fourth-order valence-corrected chi connectivity index (χ4v) is 1.86. The molecule has 1 heterocycles. The number of aryl methyl sites for hydroxylation is 2. The van der Waals surface area contributed by atoms with Crippen LogP contribution in [0.1, 0.15) is 17.0 Å². The second kappa shape index (κ2) is 5.18. The van der Waals surface area contributed by atoms with Crippen LogP contribution in [-0.4, -0.2) is 24.3 Å². The van der Waals surface area contributed by atoms with Gasteiger partial charge in [0.1, 0.15) is 0 Å².